The van der Waals surface area contributed by atoms with Gasteiger partial charge in [0, 0.05) is 29.8 Å². The topological polar surface area (TPSA) is 127 Å². The normalized spacial score (nSPS) is 14.4. The van der Waals surface area contributed by atoms with Crippen LogP contribution in [0.2, 0.25) is 0 Å². The number of piperidine rings is 1. The lowest BCUT2D eigenvalue weighted by Gasteiger charge is -2.33. The minimum Gasteiger partial charge on any atom is -0.490 e. The largest absolute Gasteiger partial charge is 0.490 e. The molecule has 11 heteroatoms. The number of halogens is 1. The van der Waals surface area contributed by atoms with Crippen LogP contribution in [0.15, 0.2) is 65.7 Å². The van der Waals surface area contributed by atoms with Gasteiger partial charge < -0.3 is 14.4 Å². The summed E-state index contributed by atoms with van der Waals surface area (Å²) in [5.41, 5.74) is 1.37. The molecule has 1 aliphatic heterocycles. The monoisotopic (exact) mass is 621 g/mol. The van der Waals surface area contributed by atoms with E-state index in [9.17, 15) is 24.0 Å². The van der Waals surface area contributed by atoms with Crippen LogP contribution in [0.25, 0.3) is 22.5 Å². The molecule has 4 aromatic rings. The van der Waals surface area contributed by atoms with E-state index in [0.29, 0.717) is 59.1 Å². The molecule has 0 radical (unpaired) electrons. The van der Waals surface area contributed by atoms with Crippen molar-refractivity contribution in [2.24, 2.45) is 5.92 Å². The molecule has 0 bridgehead atoms. The van der Waals surface area contributed by atoms with Crippen molar-refractivity contribution in [3.05, 3.63) is 99.5 Å². The predicted octanol–water partition coefficient (Wildman–Crippen LogP) is 5.60. The Morgan fingerprint density at radius 2 is 1.76 bits per heavy atom. The number of carbonyl (C=O) groups excluding carboxylic acids is 2. The number of amides is 1. The molecule has 1 amide bonds. The Kier molecular flexibility index (Phi) is 8.13. The molecule has 0 atom stereocenters. The minimum atomic E-state index is -0.981. The summed E-state index contributed by atoms with van der Waals surface area (Å²) in [5, 5.41) is 9.30. The van der Waals surface area contributed by atoms with Gasteiger partial charge in [-0.2, -0.15) is 5.26 Å². The highest BCUT2D eigenvalue weighted by atomic mass is 19.1. The molecule has 1 saturated heterocycles. The highest BCUT2D eigenvalue weighted by Gasteiger charge is 2.32. The van der Waals surface area contributed by atoms with Crippen molar-refractivity contribution in [2.75, 3.05) is 19.7 Å². The molecule has 1 aliphatic carbocycles. The van der Waals surface area contributed by atoms with Crippen molar-refractivity contribution in [2.45, 2.75) is 45.8 Å². The zero-order chi connectivity index (χ0) is 32.6. The van der Waals surface area contributed by atoms with Gasteiger partial charge in [-0.1, -0.05) is 18.2 Å². The molecule has 2 aromatic carbocycles. The first-order valence-electron chi connectivity index (χ1n) is 15.1. The zero-order valence-electron chi connectivity index (χ0n) is 25.7. The first kappa shape index (κ1) is 30.6. The average molecular weight is 622 g/mol. The van der Waals surface area contributed by atoms with E-state index < -0.39 is 22.8 Å². The fourth-order valence-corrected chi connectivity index (χ4v) is 5.75. The Bertz CT molecular complexity index is 1930. The van der Waals surface area contributed by atoms with Gasteiger partial charge in [-0.05, 0) is 81.0 Å². The van der Waals surface area contributed by atoms with Crippen LogP contribution >= 0.6 is 0 Å². The molecule has 234 valence electrons. The lowest BCUT2D eigenvalue weighted by atomic mass is 9.98. The van der Waals surface area contributed by atoms with E-state index in [1.165, 1.54) is 18.2 Å². The lowest BCUT2D eigenvalue weighted by Crippen LogP contribution is -2.42. The average Bonchev–Trinajstić information content (AvgIpc) is 3.32. The number of carbonyl (C=O) groups is 2. The number of ketones is 1. The van der Waals surface area contributed by atoms with Crippen molar-refractivity contribution in [3.8, 4) is 34.3 Å². The summed E-state index contributed by atoms with van der Waals surface area (Å²) in [6, 6.07) is 14.9. The Balaban J connectivity index is 1.13. The Morgan fingerprint density at radius 3 is 2.46 bits per heavy atom. The van der Waals surface area contributed by atoms with E-state index in [1.807, 2.05) is 32.9 Å². The smallest absolute Gasteiger partial charge is 0.410 e. The summed E-state index contributed by atoms with van der Waals surface area (Å²) in [7, 11) is 0. The van der Waals surface area contributed by atoms with Crippen molar-refractivity contribution in [3.63, 3.8) is 0 Å². The third-order valence-corrected chi connectivity index (χ3v) is 8.05. The van der Waals surface area contributed by atoms with Gasteiger partial charge in [-0.25, -0.2) is 19.2 Å². The van der Waals surface area contributed by atoms with E-state index in [4.69, 9.17) is 9.47 Å². The maximum Gasteiger partial charge on any atom is 0.410 e. The number of aromatic nitrogens is 3. The third kappa shape index (κ3) is 6.24. The maximum atomic E-state index is 14.8. The summed E-state index contributed by atoms with van der Waals surface area (Å²) >= 11 is 0. The van der Waals surface area contributed by atoms with Gasteiger partial charge in [-0.15, -0.1) is 0 Å². The molecule has 0 saturated carbocycles. The molecule has 2 aliphatic rings. The van der Waals surface area contributed by atoms with Crippen molar-refractivity contribution in [1.29, 1.82) is 5.26 Å². The van der Waals surface area contributed by atoms with E-state index in [-0.39, 0.29) is 29.8 Å². The van der Waals surface area contributed by atoms with E-state index in [0.717, 1.165) is 23.5 Å². The van der Waals surface area contributed by atoms with Gasteiger partial charge in [0.05, 0.1) is 37.2 Å². The number of benzene rings is 2. The summed E-state index contributed by atoms with van der Waals surface area (Å²) in [4.78, 5) is 49.2. The fraction of sp³-hybridized carbons (Fsp3) is 0.314. The molecule has 3 heterocycles. The molecule has 1 fully saturated rings. The van der Waals surface area contributed by atoms with Gasteiger partial charge >= 0.3 is 6.09 Å². The second-order valence-corrected chi connectivity index (χ2v) is 12.5. The van der Waals surface area contributed by atoms with Crippen LogP contribution in [0.1, 0.15) is 60.8 Å². The number of pyridine rings is 1. The molecule has 2 aromatic heterocycles. The first-order chi connectivity index (χ1) is 22.0. The van der Waals surface area contributed by atoms with Gasteiger partial charge in [0.15, 0.2) is 17.4 Å². The summed E-state index contributed by atoms with van der Waals surface area (Å²) in [6.45, 7) is 7.22. The Hall–Kier alpha value is -5.37. The van der Waals surface area contributed by atoms with Gasteiger partial charge in [-0.3, -0.25) is 14.2 Å². The second-order valence-electron chi connectivity index (χ2n) is 12.5. The van der Waals surface area contributed by atoms with Crippen molar-refractivity contribution < 1.29 is 23.5 Å². The summed E-state index contributed by atoms with van der Waals surface area (Å²) < 4.78 is 27.4. The molecule has 10 nitrogen and oxygen atoms in total. The van der Waals surface area contributed by atoms with E-state index in [2.05, 4.69) is 9.97 Å². The molecule has 0 spiro atoms. The Labute approximate surface area is 265 Å². The van der Waals surface area contributed by atoms with Crippen LogP contribution in [0, 0.1) is 23.1 Å². The number of rotatable bonds is 6. The number of hydrogen-bond donors (Lipinski definition) is 0. The first-order valence-corrected chi connectivity index (χ1v) is 15.1. The SMILES string of the molecule is CC(C)(C)OC(=O)N1CCC(COc2cnc(-c3cccc(Cn4c5c(cc(F)c4=O)-c4cc(C#N)ccc4C5=O)c3)nc2)CC1. The molecule has 0 N–H and O–H groups in total. The molecule has 46 heavy (non-hydrogen) atoms. The highest BCUT2D eigenvalue weighted by molar-refractivity contribution is 6.20. The van der Waals surface area contributed by atoms with E-state index in [1.54, 1.807) is 35.5 Å². The minimum absolute atomic E-state index is 0.0501. The second kappa shape index (κ2) is 12.2. The van der Waals surface area contributed by atoms with Gasteiger partial charge in [0.1, 0.15) is 11.3 Å². The number of nitriles is 1. The predicted molar refractivity (Wildman–Crippen MR) is 167 cm³/mol. The standard InChI is InChI=1S/C35H32FN5O5/c1-35(2,3)46-34(44)40-11-9-21(10-12-40)20-45-25-17-38-32(39-18-25)24-6-4-5-23(13-24)19-41-30-28(15-29(36)33(41)43)27-14-22(16-37)7-8-26(27)31(30)42/h4-8,13-15,17-18,21H,9-12,19-20H2,1-3H3. The fourth-order valence-electron chi connectivity index (χ4n) is 5.75. The quantitative estimate of drug-likeness (QED) is 0.240. The molecular weight excluding hydrogens is 589 g/mol. The van der Waals surface area contributed by atoms with Crippen LogP contribution in [0.3, 0.4) is 0 Å². The van der Waals surface area contributed by atoms with Crippen LogP contribution in [0.5, 0.6) is 5.75 Å². The maximum absolute atomic E-state index is 14.8. The van der Waals surface area contributed by atoms with Crippen molar-refractivity contribution >= 4 is 11.9 Å². The van der Waals surface area contributed by atoms with Crippen molar-refractivity contribution in [1.82, 2.24) is 19.4 Å². The summed E-state index contributed by atoms with van der Waals surface area (Å²) in [6.07, 6.45) is 4.52. The third-order valence-electron chi connectivity index (χ3n) is 8.05. The van der Waals surface area contributed by atoms with Gasteiger partial charge in [0.25, 0.3) is 5.56 Å². The number of likely N-dealkylation sites (tertiary alicyclic amines) is 1. The Morgan fingerprint density at radius 1 is 1.02 bits per heavy atom. The molecule has 0 unspecified atom stereocenters. The number of hydrogen-bond acceptors (Lipinski definition) is 8. The molecular formula is C35H32FN5O5. The lowest BCUT2D eigenvalue weighted by molar-refractivity contribution is 0.0164. The van der Waals surface area contributed by atoms with E-state index >= 15 is 0 Å². The zero-order valence-corrected chi connectivity index (χ0v) is 25.7. The molecule has 6 rings (SSSR count). The highest BCUT2D eigenvalue weighted by Crippen LogP contribution is 2.37. The number of ether oxygens (including phenoxy) is 2. The van der Waals surface area contributed by atoms with Crippen LogP contribution in [-0.2, 0) is 11.3 Å². The summed E-state index contributed by atoms with van der Waals surface area (Å²) in [5.74, 6) is -0.130. The van der Waals surface area contributed by atoms with Crippen LogP contribution < -0.4 is 10.3 Å². The number of fused-ring (bicyclic) bond motifs is 3. The van der Waals surface area contributed by atoms with Crippen LogP contribution in [0.4, 0.5) is 9.18 Å². The van der Waals surface area contributed by atoms with Crippen LogP contribution in [-0.4, -0.2) is 56.6 Å². The van der Waals surface area contributed by atoms with Gasteiger partial charge in [0.2, 0.25) is 5.78 Å². The number of nitrogens with zero attached hydrogens (tertiary/aromatic N) is 5.